The molecule has 0 spiro atoms. The van der Waals surface area contributed by atoms with Crippen molar-refractivity contribution in [2.24, 2.45) is 4.99 Å². The SMILES string of the molecule is CCOCCCCNC(=NC)NCc1ccccc1COC.I. The molecule has 2 N–H and O–H groups in total. The van der Waals surface area contributed by atoms with Crippen molar-refractivity contribution in [1.29, 1.82) is 0 Å². The number of ether oxygens (including phenoxy) is 2. The van der Waals surface area contributed by atoms with Gasteiger partial charge in [-0.25, -0.2) is 0 Å². The van der Waals surface area contributed by atoms with E-state index in [9.17, 15) is 0 Å². The quantitative estimate of drug-likeness (QED) is 0.257. The Morgan fingerprint density at radius 3 is 2.52 bits per heavy atom. The third-order valence-electron chi connectivity index (χ3n) is 3.30. The summed E-state index contributed by atoms with van der Waals surface area (Å²) in [7, 11) is 3.50. The van der Waals surface area contributed by atoms with Crippen LogP contribution in [0.1, 0.15) is 30.9 Å². The monoisotopic (exact) mass is 435 g/mol. The van der Waals surface area contributed by atoms with Gasteiger partial charge in [0.25, 0.3) is 0 Å². The maximum atomic E-state index is 5.32. The molecule has 132 valence electrons. The second-order valence-corrected chi connectivity index (χ2v) is 4.96. The molecule has 1 rings (SSSR count). The molecule has 0 amide bonds. The van der Waals surface area contributed by atoms with E-state index in [-0.39, 0.29) is 24.0 Å². The summed E-state index contributed by atoms with van der Waals surface area (Å²) in [5.74, 6) is 0.823. The molecule has 0 aliphatic rings. The Hall–Kier alpha value is -0.860. The predicted molar refractivity (Wildman–Crippen MR) is 106 cm³/mol. The van der Waals surface area contributed by atoms with Crippen molar-refractivity contribution in [3.63, 3.8) is 0 Å². The molecule has 23 heavy (non-hydrogen) atoms. The van der Waals surface area contributed by atoms with Crippen molar-refractivity contribution in [3.8, 4) is 0 Å². The minimum absolute atomic E-state index is 0. The van der Waals surface area contributed by atoms with Gasteiger partial charge < -0.3 is 20.1 Å². The number of hydrogen-bond acceptors (Lipinski definition) is 3. The summed E-state index contributed by atoms with van der Waals surface area (Å²) in [6, 6.07) is 8.27. The first kappa shape index (κ1) is 22.1. The fourth-order valence-corrected chi connectivity index (χ4v) is 2.11. The molecule has 0 atom stereocenters. The van der Waals surface area contributed by atoms with Gasteiger partial charge >= 0.3 is 0 Å². The summed E-state index contributed by atoms with van der Waals surface area (Å²) < 4.78 is 10.6. The Morgan fingerprint density at radius 2 is 1.87 bits per heavy atom. The predicted octanol–water partition coefficient (Wildman–Crippen LogP) is 2.93. The first-order valence-electron chi connectivity index (χ1n) is 7.89. The lowest BCUT2D eigenvalue weighted by atomic mass is 10.1. The molecule has 0 aromatic heterocycles. The highest BCUT2D eigenvalue weighted by molar-refractivity contribution is 14.0. The molecular weight excluding hydrogens is 405 g/mol. The van der Waals surface area contributed by atoms with Crippen LogP contribution >= 0.6 is 24.0 Å². The molecule has 0 bridgehead atoms. The summed E-state index contributed by atoms with van der Waals surface area (Å²) in [6.45, 7) is 5.89. The normalized spacial score (nSPS) is 11.0. The van der Waals surface area contributed by atoms with Crippen molar-refractivity contribution in [1.82, 2.24) is 10.6 Å². The smallest absolute Gasteiger partial charge is 0.191 e. The third-order valence-corrected chi connectivity index (χ3v) is 3.30. The maximum absolute atomic E-state index is 5.32. The molecule has 0 saturated heterocycles. The van der Waals surface area contributed by atoms with Crippen LogP contribution in [0.2, 0.25) is 0 Å². The van der Waals surface area contributed by atoms with Crippen LogP contribution in [-0.2, 0) is 22.6 Å². The van der Waals surface area contributed by atoms with Crippen LogP contribution < -0.4 is 10.6 Å². The van der Waals surface area contributed by atoms with E-state index in [1.807, 2.05) is 19.1 Å². The first-order valence-corrected chi connectivity index (χ1v) is 7.89. The van der Waals surface area contributed by atoms with E-state index in [0.717, 1.165) is 45.1 Å². The molecule has 6 heteroatoms. The van der Waals surface area contributed by atoms with Gasteiger partial charge in [-0.1, -0.05) is 24.3 Å². The number of nitrogens with one attached hydrogen (secondary N) is 2. The molecule has 0 fully saturated rings. The van der Waals surface area contributed by atoms with E-state index < -0.39 is 0 Å². The second kappa shape index (κ2) is 14.7. The van der Waals surface area contributed by atoms with Crippen LogP contribution in [0.25, 0.3) is 0 Å². The van der Waals surface area contributed by atoms with E-state index in [4.69, 9.17) is 9.47 Å². The lowest BCUT2D eigenvalue weighted by molar-refractivity contribution is 0.143. The van der Waals surface area contributed by atoms with E-state index in [2.05, 4.69) is 27.8 Å². The minimum Gasteiger partial charge on any atom is -0.382 e. The van der Waals surface area contributed by atoms with Crippen molar-refractivity contribution in [2.45, 2.75) is 32.9 Å². The summed E-state index contributed by atoms with van der Waals surface area (Å²) in [5, 5.41) is 6.66. The zero-order valence-corrected chi connectivity index (χ0v) is 16.8. The van der Waals surface area contributed by atoms with Crippen molar-refractivity contribution in [3.05, 3.63) is 35.4 Å². The molecule has 1 aromatic rings. The lowest BCUT2D eigenvalue weighted by Crippen LogP contribution is -2.37. The number of halogens is 1. The average Bonchev–Trinajstić information content (AvgIpc) is 2.55. The molecule has 0 radical (unpaired) electrons. The number of nitrogens with zero attached hydrogens (tertiary/aromatic N) is 1. The first-order chi connectivity index (χ1) is 10.8. The Labute approximate surface area is 157 Å². The van der Waals surface area contributed by atoms with Crippen molar-refractivity contribution >= 4 is 29.9 Å². The number of hydrogen-bond donors (Lipinski definition) is 2. The largest absolute Gasteiger partial charge is 0.382 e. The zero-order chi connectivity index (χ0) is 16.0. The van der Waals surface area contributed by atoms with E-state index in [1.54, 1.807) is 14.2 Å². The van der Waals surface area contributed by atoms with Gasteiger partial charge in [0.1, 0.15) is 0 Å². The molecule has 0 aliphatic heterocycles. The minimum atomic E-state index is 0. The summed E-state index contributed by atoms with van der Waals surface area (Å²) in [6.07, 6.45) is 2.13. The summed E-state index contributed by atoms with van der Waals surface area (Å²) in [4.78, 5) is 4.24. The van der Waals surface area contributed by atoms with Crippen molar-refractivity contribution in [2.75, 3.05) is 33.9 Å². The van der Waals surface area contributed by atoms with Crippen LogP contribution in [0.5, 0.6) is 0 Å². The Bertz CT molecular complexity index is 442. The highest BCUT2D eigenvalue weighted by Gasteiger charge is 2.03. The Kier molecular flexibility index (Phi) is 14.2. The molecular formula is C17H30IN3O2. The third kappa shape index (κ3) is 9.78. The standard InChI is InChI=1S/C17H29N3O2.HI/c1-4-22-12-8-7-11-19-17(18-2)20-13-15-9-5-6-10-16(15)14-21-3;/h5-6,9-10H,4,7-8,11-14H2,1-3H3,(H2,18,19,20);1H. The van der Waals surface area contributed by atoms with E-state index >= 15 is 0 Å². The van der Waals surface area contributed by atoms with Gasteiger partial charge in [-0.3, -0.25) is 4.99 Å². The maximum Gasteiger partial charge on any atom is 0.191 e. The Balaban J connectivity index is 0.00000484. The van der Waals surface area contributed by atoms with Gasteiger partial charge in [0.15, 0.2) is 5.96 Å². The summed E-state index contributed by atoms with van der Waals surface area (Å²) >= 11 is 0. The number of unbranched alkanes of at least 4 members (excludes halogenated alkanes) is 1. The number of aliphatic imine (C=N–C) groups is 1. The molecule has 1 aromatic carbocycles. The molecule has 0 aliphatic carbocycles. The molecule has 0 unspecified atom stereocenters. The van der Waals surface area contributed by atoms with Gasteiger partial charge in [-0.2, -0.15) is 0 Å². The van der Waals surface area contributed by atoms with Gasteiger partial charge in [0.05, 0.1) is 6.61 Å². The van der Waals surface area contributed by atoms with Crippen LogP contribution in [0.4, 0.5) is 0 Å². The van der Waals surface area contributed by atoms with Crippen LogP contribution in [0.15, 0.2) is 29.3 Å². The topological polar surface area (TPSA) is 54.9 Å². The number of guanidine groups is 1. The van der Waals surface area contributed by atoms with Crippen LogP contribution in [0, 0.1) is 0 Å². The van der Waals surface area contributed by atoms with Gasteiger partial charge in [-0.15, -0.1) is 24.0 Å². The van der Waals surface area contributed by atoms with E-state index in [1.165, 1.54) is 11.1 Å². The van der Waals surface area contributed by atoms with Crippen LogP contribution in [-0.4, -0.2) is 39.9 Å². The summed E-state index contributed by atoms with van der Waals surface area (Å²) in [5.41, 5.74) is 2.42. The highest BCUT2D eigenvalue weighted by atomic mass is 127. The average molecular weight is 435 g/mol. The highest BCUT2D eigenvalue weighted by Crippen LogP contribution is 2.09. The van der Waals surface area contributed by atoms with Gasteiger partial charge in [0, 0.05) is 40.5 Å². The number of rotatable bonds is 10. The number of benzene rings is 1. The zero-order valence-electron chi connectivity index (χ0n) is 14.4. The molecule has 0 saturated carbocycles. The van der Waals surface area contributed by atoms with Crippen molar-refractivity contribution < 1.29 is 9.47 Å². The molecule has 5 nitrogen and oxygen atoms in total. The fraction of sp³-hybridized carbons (Fsp3) is 0.588. The van der Waals surface area contributed by atoms with Gasteiger partial charge in [0.2, 0.25) is 0 Å². The second-order valence-electron chi connectivity index (χ2n) is 4.96. The van der Waals surface area contributed by atoms with Gasteiger partial charge in [-0.05, 0) is 30.9 Å². The fourth-order valence-electron chi connectivity index (χ4n) is 2.11. The lowest BCUT2D eigenvalue weighted by Gasteiger charge is -2.14. The molecule has 0 heterocycles. The number of methoxy groups -OCH3 is 1. The van der Waals surface area contributed by atoms with E-state index in [0.29, 0.717) is 6.61 Å². The Morgan fingerprint density at radius 1 is 1.13 bits per heavy atom. The van der Waals surface area contributed by atoms with Crippen LogP contribution in [0.3, 0.4) is 0 Å².